The number of rotatable bonds is 5. The van der Waals surface area contributed by atoms with Gasteiger partial charge in [0.1, 0.15) is 0 Å². The Hall–Kier alpha value is -2.38. The van der Waals surface area contributed by atoms with Gasteiger partial charge in [-0.05, 0) is 42.5 Å². The fraction of sp³-hybridized carbons (Fsp3) is 0.222. The summed E-state index contributed by atoms with van der Waals surface area (Å²) in [6.07, 6.45) is 1.03. The lowest BCUT2D eigenvalue weighted by molar-refractivity contribution is -0.118. The Balaban J connectivity index is 2.14. The highest BCUT2D eigenvalue weighted by Gasteiger charge is 2.16. The van der Waals surface area contributed by atoms with Crippen molar-refractivity contribution in [2.45, 2.75) is 18.7 Å². The van der Waals surface area contributed by atoms with Gasteiger partial charge in [0.2, 0.25) is 5.91 Å². The minimum Gasteiger partial charge on any atom is -0.326 e. The normalized spacial score (nSPS) is 11.3. The molecule has 2 N–H and O–H groups in total. The summed E-state index contributed by atoms with van der Waals surface area (Å²) in [6, 6.07) is 10.7. The molecule has 0 spiro atoms. The number of hydrogen-bond acceptors (Lipinski definition) is 4. The highest BCUT2D eigenvalue weighted by Crippen LogP contribution is 2.23. The third-order valence-corrected chi connectivity index (χ3v) is 5.11. The Bertz CT molecular complexity index is 938. The van der Waals surface area contributed by atoms with Crippen LogP contribution in [-0.2, 0) is 14.6 Å². The average molecular weight is 395 g/mol. The number of carbonyl (C=O) groups is 2. The van der Waals surface area contributed by atoms with Crippen molar-refractivity contribution in [1.82, 2.24) is 0 Å². The van der Waals surface area contributed by atoms with Crippen LogP contribution in [0.1, 0.15) is 24.2 Å². The van der Waals surface area contributed by atoms with E-state index in [4.69, 9.17) is 11.6 Å². The monoisotopic (exact) mass is 394 g/mol. The number of anilines is 2. The number of nitrogens with one attached hydrogen (secondary N) is 2. The minimum absolute atomic E-state index is 0.0642. The molecule has 2 rings (SSSR count). The molecule has 2 aromatic rings. The van der Waals surface area contributed by atoms with E-state index in [2.05, 4.69) is 10.6 Å². The summed E-state index contributed by atoms with van der Waals surface area (Å²) in [7, 11) is -3.54. The van der Waals surface area contributed by atoms with Gasteiger partial charge >= 0.3 is 0 Å². The van der Waals surface area contributed by atoms with E-state index < -0.39 is 15.7 Å². The Labute approximate surface area is 157 Å². The van der Waals surface area contributed by atoms with Crippen LogP contribution < -0.4 is 10.6 Å². The average Bonchev–Trinajstić information content (AvgIpc) is 2.55. The van der Waals surface area contributed by atoms with Gasteiger partial charge in [-0.1, -0.05) is 25.4 Å². The highest BCUT2D eigenvalue weighted by molar-refractivity contribution is 7.90. The quantitative estimate of drug-likeness (QED) is 0.810. The molecule has 0 saturated carbocycles. The molecule has 0 aliphatic carbocycles. The maximum Gasteiger partial charge on any atom is 0.255 e. The molecule has 2 amide bonds. The van der Waals surface area contributed by atoms with Gasteiger partial charge in [0, 0.05) is 29.1 Å². The molecule has 0 heterocycles. The second-order valence-corrected chi connectivity index (χ2v) is 8.48. The molecule has 0 aliphatic rings. The Morgan fingerprint density at radius 3 is 2.00 bits per heavy atom. The van der Waals surface area contributed by atoms with Crippen LogP contribution in [0.2, 0.25) is 5.02 Å². The Kier molecular flexibility index (Phi) is 6.05. The summed E-state index contributed by atoms with van der Waals surface area (Å²) >= 11 is 5.88. The molecule has 138 valence electrons. The van der Waals surface area contributed by atoms with Gasteiger partial charge in [-0.3, -0.25) is 9.59 Å². The summed E-state index contributed by atoms with van der Waals surface area (Å²) in [6.45, 7) is 3.58. The predicted molar refractivity (Wildman–Crippen MR) is 102 cm³/mol. The fourth-order valence-corrected chi connectivity index (χ4v) is 3.36. The molecule has 2 aromatic carbocycles. The van der Waals surface area contributed by atoms with Crippen LogP contribution in [0.15, 0.2) is 47.4 Å². The molecule has 0 fully saturated rings. The Morgan fingerprint density at radius 1 is 0.962 bits per heavy atom. The zero-order valence-electron chi connectivity index (χ0n) is 14.5. The van der Waals surface area contributed by atoms with E-state index in [1.165, 1.54) is 18.2 Å². The lowest BCUT2D eigenvalue weighted by Gasteiger charge is -2.10. The second kappa shape index (κ2) is 7.88. The van der Waals surface area contributed by atoms with E-state index in [1.807, 2.05) is 0 Å². The molecule has 0 atom stereocenters. The van der Waals surface area contributed by atoms with Crippen LogP contribution in [0.25, 0.3) is 0 Å². The maximum atomic E-state index is 12.3. The van der Waals surface area contributed by atoms with Gasteiger partial charge in [0.25, 0.3) is 5.91 Å². The lowest BCUT2D eigenvalue weighted by Crippen LogP contribution is -2.17. The largest absolute Gasteiger partial charge is 0.326 e. The zero-order chi connectivity index (χ0) is 19.5. The third kappa shape index (κ3) is 5.06. The van der Waals surface area contributed by atoms with Crippen LogP contribution in [0.4, 0.5) is 11.4 Å². The number of benzene rings is 2. The van der Waals surface area contributed by atoms with Gasteiger partial charge in [-0.25, -0.2) is 8.42 Å². The fourth-order valence-electron chi connectivity index (χ4n) is 2.06. The van der Waals surface area contributed by atoms with Crippen molar-refractivity contribution in [3.05, 3.63) is 53.1 Å². The van der Waals surface area contributed by atoms with E-state index >= 15 is 0 Å². The number of carbonyl (C=O) groups excluding carboxylic acids is 2. The summed E-state index contributed by atoms with van der Waals surface area (Å²) in [5.41, 5.74) is 1.30. The van der Waals surface area contributed by atoms with Crippen molar-refractivity contribution in [3.63, 3.8) is 0 Å². The third-order valence-electron chi connectivity index (χ3n) is 3.53. The van der Waals surface area contributed by atoms with Gasteiger partial charge < -0.3 is 10.6 Å². The maximum absolute atomic E-state index is 12.3. The predicted octanol–water partition coefficient (Wildman–Crippen LogP) is 3.59. The first-order chi connectivity index (χ1) is 12.1. The van der Waals surface area contributed by atoms with Crippen LogP contribution in [0.5, 0.6) is 0 Å². The molecule has 0 bridgehead atoms. The molecule has 26 heavy (non-hydrogen) atoms. The zero-order valence-corrected chi connectivity index (χ0v) is 16.1. The van der Waals surface area contributed by atoms with Crippen molar-refractivity contribution in [2.24, 2.45) is 5.92 Å². The summed E-state index contributed by atoms with van der Waals surface area (Å²) < 4.78 is 23.4. The first kappa shape index (κ1) is 19.9. The lowest BCUT2D eigenvalue weighted by atomic mass is 10.2. The standard InChI is InChI=1S/C18H19ClN2O4S/c1-11(2)17(22)20-13-5-7-14(8-6-13)21-18(23)12-4-9-15(19)16(10-12)26(3,24)25/h4-11H,1-3H3,(H,20,22)(H,21,23). The van der Waals surface area contributed by atoms with E-state index in [-0.39, 0.29) is 27.3 Å². The van der Waals surface area contributed by atoms with Gasteiger partial charge in [0.05, 0.1) is 9.92 Å². The molecule has 0 aromatic heterocycles. The highest BCUT2D eigenvalue weighted by atomic mass is 35.5. The van der Waals surface area contributed by atoms with E-state index in [0.29, 0.717) is 11.4 Å². The summed E-state index contributed by atoms with van der Waals surface area (Å²) in [5, 5.41) is 5.49. The molecule has 0 aliphatic heterocycles. The summed E-state index contributed by atoms with van der Waals surface area (Å²) in [5.74, 6) is -0.704. The van der Waals surface area contributed by atoms with Crippen LogP contribution in [0, 0.1) is 5.92 Å². The van der Waals surface area contributed by atoms with Crippen molar-refractivity contribution < 1.29 is 18.0 Å². The van der Waals surface area contributed by atoms with Crippen LogP contribution in [-0.4, -0.2) is 26.5 Å². The molecule has 0 radical (unpaired) electrons. The molecule has 8 heteroatoms. The van der Waals surface area contributed by atoms with Gasteiger partial charge in [-0.15, -0.1) is 0 Å². The van der Waals surface area contributed by atoms with Gasteiger partial charge in [0.15, 0.2) is 9.84 Å². The molecular formula is C18H19ClN2O4S. The SMILES string of the molecule is CC(C)C(=O)Nc1ccc(NC(=O)c2ccc(Cl)c(S(C)(=O)=O)c2)cc1. The van der Waals surface area contributed by atoms with Gasteiger partial charge in [-0.2, -0.15) is 0 Å². The summed E-state index contributed by atoms with van der Waals surface area (Å²) in [4.78, 5) is 23.9. The molecule has 0 unspecified atom stereocenters. The minimum atomic E-state index is -3.54. The second-order valence-electron chi connectivity index (χ2n) is 6.09. The van der Waals surface area contributed by atoms with Crippen molar-refractivity contribution in [3.8, 4) is 0 Å². The van der Waals surface area contributed by atoms with Crippen molar-refractivity contribution in [2.75, 3.05) is 16.9 Å². The topological polar surface area (TPSA) is 92.3 Å². The number of halogens is 1. The smallest absolute Gasteiger partial charge is 0.255 e. The first-order valence-corrected chi connectivity index (χ1v) is 10.1. The van der Waals surface area contributed by atoms with E-state index in [1.54, 1.807) is 38.1 Å². The first-order valence-electron chi connectivity index (χ1n) is 7.80. The van der Waals surface area contributed by atoms with Crippen LogP contribution in [0.3, 0.4) is 0 Å². The van der Waals surface area contributed by atoms with Crippen LogP contribution >= 0.6 is 11.6 Å². The molecule has 6 nitrogen and oxygen atoms in total. The van der Waals surface area contributed by atoms with Crippen molar-refractivity contribution >= 4 is 44.6 Å². The molecular weight excluding hydrogens is 376 g/mol. The Morgan fingerprint density at radius 2 is 1.50 bits per heavy atom. The number of sulfone groups is 1. The van der Waals surface area contributed by atoms with E-state index in [0.717, 1.165) is 6.26 Å². The van der Waals surface area contributed by atoms with E-state index in [9.17, 15) is 18.0 Å². The van der Waals surface area contributed by atoms with Crippen molar-refractivity contribution in [1.29, 1.82) is 0 Å². The molecule has 0 saturated heterocycles. The number of hydrogen-bond donors (Lipinski definition) is 2. The number of amides is 2.